The first-order valence-corrected chi connectivity index (χ1v) is 8.66. The lowest BCUT2D eigenvalue weighted by Crippen LogP contribution is -2.24. The molecule has 0 aromatic heterocycles. The summed E-state index contributed by atoms with van der Waals surface area (Å²) in [6.45, 7) is 0.849. The zero-order chi connectivity index (χ0) is 16.3. The van der Waals surface area contributed by atoms with Gasteiger partial charge in [0.2, 0.25) is 0 Å². The third-order valence-electron chi connectivity index (χ3n) is 3.29. The van der Waals surface area contributed by atoms with Crippen LogP contribution in [-0.4, -0.2) is 12.6 Å². The van der Waals surface area contributed by atoms with Crippen molar-refractivity contribution in [2.75, 3.05) is 6.54 Å². The number of alkyl halides is 1. The summed E-state index contributed by atoms with van der Waals surface area (Å²) in [7, 11) is 0. The molecule has 0 aliphatic heterocycles. The van der Waals surface area contributed by atoms with Gasteiger partial charge in [-0.15, -0.1) is 0 Å². The Hall–Kier alpha value is -2.07. The smallest absolute Gasteiger partial charge is 0.407 e. The molecule has 2 rings (SSSR count). The number of ether oxygens (including phenoxy) is 1. The van der Waals surface area contributed by atoms with Gasteiger partial charge in [-0.3, -0.25) is 0 Å². The summed E-state index contributed by atoms with van der Waals surface area (Å²) in [5.74, 6) is 0. The third kappa shape index (κ3) is 6.28. The minimum absolute atomic E-state index is 0.293. The van der Waals surface area contributed by atoms with Crippen LogP contribution >= 0.6 is 15.9 Å². The molecule has 2 aromatic rings. The maximum Gasteiger partial charge on any atom is 0.407 e. The van der Waals surface area contributed by atoms with Crippen molar-refractivity contribution in [3.05, 3.63) is 77.4 Å². The number of hydrogen-bond donors (Lipinski definition) is 1. The number of carbonyl (C=O) groups excluding carboxylic acids is 1. The van der Waals surface area contributed by atoms with Crippen LogP contribution in [0.1, 0.15) is 23.1 Å². The number of alkyl carbamates (subject to hydrolysis) is 1. The van der Waals surface area contributed by atoms with E-state index in [1.807, 2.05) is 42.5 Å². The highest BCUT2D eigenvalue weighted by Gasteiger charge is 2.01. The molecule has 0 atom stereocenters. The van der Waals surface area contributed by atoms with Crippen LogP contribution in [0.25, 0.3) is 6.08 Å². The van der Waals surface area contributed by atoms with E-state index < -0.39 is 0 Å². The Morgan fingerprint density at radius 3 is 2.61 bits per heavy atom. The molecule has 0 bridgehead atoms. The minimum Gasteiger partial charge on any atom is -0.445 e. The third-order valence-corrected chi connectivity index (χ3v) is 3.89. The van der Waals surface area contributed by atoms with Gasteiger partial charge < -0.3 is 10.1 Å². The Balaban J connectivity index is 1.66. The summed E-state index contributed by atoms with van der Waals surface area (Å²) in [6.07, 6.45) is 4.51. The van der Waals surface area contributed by atoms with Gasteiger partial charge >= 0.3 is 6.09 Å². The van der Waals surface area contributed by atoms with E-state index in [1.54, 1.807) is 0 Å². The molecule has 0 fully saturated rings. The van der Waals surface area contributed by atoms with Gasteiger partial charge in [0.15, 0.2) is 0 Å². The van der Waals surface area contributed by atoms with Crippen molar-refractivity contribution in [1.82, 2.24) is 5.32 Å². The largest absolute Gasteiger partial charge is 0.445 e. The molecule has 0 unspecified atom stereocenters. The van der Waals surface area contributed by atoms with Crippen molar-refractivity contribution in [2.24, 2.45) is 0 Å². The lowest BCUT2D eigenvalue weighted by atomic mass is 10.1. The van der Waals surface area contributed by atoms with Gasteiger partial charge in [-0.2, -0.15) is 0 Å². The van der Waals surface area contributed by atoms with Crippen LogP contribution in [0.2, 0.25) is 0 Å². The molecule has 1 N–H and O–H groups in total. The van der Waals surface area contributed by atoms with Crippen molar-refractivity contribution < 1.29 is 9.53 Å². The average Bonchev–Trinajstić information content (AvgIpc) is 2.61. The average molecular weight is 374 g/mol. The fourth-order valence-electron chi connectivity index (χ4n) is 2.06. The molecule has 0 spiro atoms. The van der Waals surface area contributed by atoms with Crippen molar-refractivity contribution in [3.8, 4) is 0 Å². The highest BCUT2D eigenvalue weighted by atomic mass is 79.9. The molecule has 0 saturated carbocycles. The first kappa shape index (κ1) is 17.3. The number of rotatable bonds is 7. The highest BCUT2D eigenvalue weighted by molar-refractivity contribution is 9.08. The summed E-state index contributed by atoms with van der Waals surface area (Å²) in [4.78, 5) is 11.6. The zero-order valence-corrected chi connectivity index (χ0v) is 14.5. The SMILES string of the molecule is O=C(NCCC=Cc1ccccc1CBr)OCc1ccccc1. The first-order chi connectivity index (χ1) is 11.3. The van der Waals surface area contributed by atoms with Gasteiger partial charge in [0.25, 0.3) is 0 Å². The van der Waals surface area contributed by atoms with Crippen molar-refractivity contribution in [2.45, 2.75) is 18.4 Å². The Morgan fingerprint density at radius 2 is 1.83 bits per heavy atom. The summed E-state index contributed by atoms with van der Waals surface area (Å²) in [5.41, 5.74) is 3.42. The molecule has 3 nitrogen and oxygen atoms in total. The molecule has 0 heterocycles. The van der Waals surface area contributed by atoms with E-state index in [0.717, 1.165) is 17.3 Å². The van der Waals surface area contributed by atoms with E-state index in [-0.39, 0.29) is 6.09 Å². The maximum absolute atomic E-state index is 11.6. The maximum atomic E-state index is 11.6. The number of amides is 1. The number of carbonyl (C=O) groups is 1. The van der Waals surface area contributed by atoms with Gasteiger partial charge in [-0.1, -0.05) is 82.7 Å². The standard InChI is InChI=1S/C19H20BrNO2/c20-14-18-12-5-4-10-17(18)11-6-7-13-21-19(22)23-15-16-8-2-1-3-9-16/h1-6,8-12H,7,13-15H2,(H,21,22). The van der Waals surface area contributed by atoms with Crippen molar-refractivity contribution in [3.63, 3.8) is 0 Å². The topological polar surface area (TPSA) is 38.3 Å². The molecule has 2 aromatic carbocycles. The van der Waals surface area contributed by atoms with Crippen LogP contribution < -0.4 is 5.32 Å². The predicted octanol–water partition coefficient (Wildman–Crippen LogP) is 4.91. The van der Waals surface area contributed by atoms with Gasteiger partial charge in [0, 0.05) is 11.9 Å². The summed E-state index contributed by atoms with van der Waals surface area (Å²) < 4.78 is 5.15. The molecular weight excluding hydrogens is 354 g/mol. The van der Waals surface area contributed by atoms with E-state index >= 15 is 0 Å². The summed E-state index contributed by atoms with van der Waals surface area (Å²) in [6, 6.07) is 17.8. The van der Waals surface area contributed by atoms with Crippen LogP contribution in [0.3, 0.4) is 0 Å². The van der Waals surface area contributed by atoms with Crippen LogP contribution in [0.15, 0.2) is 60.7 Å². The molecule has 0 aliphatic rings. The number of nitrogens with one attached hydrogen (secondary N) is 1. The Morgan fingerprint density at radius 1 is 1.09 bits per heavy atom. The monoisotopic (exact) mass is 373 g/mol. The van der Waals surface area contributed by atoms with Crippen molar-refractivity contribution >= 4 is 28.1 Å². The van der Waals surface area contributed by atoms with Gasteiger partial charge in [0.1, 0.15) is 6.61 Å². The van der Waals surface area contributed by atoms with Gasteiger partial charge in [-0.05, 0) is 23.1 Å². The second-order valence-electron chi connectivity index (χ2n) is 5.01. The predicted molar refractivity (Wildman–Crippen MR) is 97.4 cm³/mol. The number of halogens is 1. The summed E-state index contributed by atoms with van der Waals surface area (Å²) >= 11 is 3.48. The number of benzene rings is 2. The lowest BCUT2D eigenvalue weighted by Gasteiger charge is -2.06. The van der Waals surface area contributed by atoms with Crippen molar-refractivity contribution in [1.29, 1.82) is 0 Å². The molecular formula is C19H20BrNO2. The van der Waals surface area contributed by atoms with Crippen LogP contribution in [0.4, 0.5) is 4.79 Å². The fourth-order valence-corrected chi connectivity index (χ4v) is 2.57. The van der Waals surface area contributed by atoms with E-state index in [0.29, 0.717) is 13.2 Å². The van der Waals surface area contributed by atoms with Gasteiger partial charge in [0.05, 0.1) is 0 Å². The second kappa shape index (κ2) is 9.85. The first-order valence-electron chi connectivity index (χ1n) is 7.54. The van der Waals surface area contributed by atoms with Gasteiger partial charge in [-0.25, -0.2) is 4.79 Å². The Labute approximate surface area is 145 Å². The molecule has 120 valence electrons. The fraction of sp³-hybridized carbons (Fsp3) is 0.211. The second-order valence-corrected chi connectivity index (χ2v) is 5.57. The molecule has 0 radical (unpaired) electrons. The van der Waals surface area contributed by atoms with E-state index in [1.165, 1.54) is 11.1 Å². The van der Waals surface area contributed by atoms with E-state index in [4.69, 9.17) is 4.74 Å². The summed E-state index contributed by atoms with van der Waals surface area (Å²) in [5, 5.41) is 3.58. The van der Waals surface area contributed by atoms with Crippen LogP contribution in [0.5, 0.6) is 0 Å². The van der Waals surface area contributed by atoms with Crippen LogP contribution in [0, 0.1) is 0 Å². The Bertz CT molecular complexity index is 641. The molecule has 0 saturated heterocycles. The highest BCUT2D eigenvalue weighted by Crippen LogP contribution is 2.14. The van der Waals surface area contributed by atoms with E-state index in [2.05, 4.69) is 45.5 Å². The molecule has 4 heteroatoms. The number of hydrogen-bond acceptors (Lipinski definition) is 2. The Kier molecular flexibility index (Phi) is 7.40. The molecule has 1 amide bonds. The zero-order valence-electron chi connectivity index (χ0n) is 12.9. The lowest BCUT2D eigenvalue weighted by molar-refractivity contribution is 0.140. The normalized spacial score (nSPS) is 10.7. The van der Waals surface area contributed by atoms with Crippen LogP contribution in [-0.2, 0) is 16.7 Å². The minimum atomic E-state index is -0.386. The van der Waals surface area contributed by atoms with E-state index in [9.17, 15) is 4.79 Å². The molecule has 23 heavy (non-hydrogen) atoms. The molecule has 0 aliphatic carbocycles. The quantitative estimate of drug-likeness (QED) is 0.552.